The van der Waals surface area contributed by atoms with Gasteiger partial charge in [0.05, 0.1) is 18.4 Å². The summed E-state index contributed by atoms with van der Waals surface area (Å²) in [5.74, 6) is 0.480. The van der Waals surface area contributed by atoms with Crippen molar-refractivity contribution in [3.05, 3.63) is 23.8 Å². The van der Waals surface area contributed by atoms with E-state index in [1.807, 2.05) is 20.8 Å². The van der Waals surface area contributed by atoms with Gasteiger partial charge in [0, 0.05) is 0 Å². The summed E-state index contributed by atoms with van der Waals surface area (Å²) < 4.78 is 10.3. The fraction of sp³-hybridized carbons (Fsp3) is 0.462. The van der Waals surface area contributed by atoms with Crippen molar-refractivity contribution in [2.75, 3.05) is 12.8 Å². The Morgan fingerprint density at radius 2 is 1.94 bits per heavy atom. The lowest BCUT2D eigenvalue weighted by molar-refractivity contribution is 0.0238. The molecule has 1 aromatic carbocycles. The predicted molar refractivity (Wildman–Crippen MR) is 67.1 cm³/mol. The number of anilines is 1. The molecule has 4 nitrogen and oxygen atoms in total. The zero-order chi connectivity index (χ0) is 13.0. The van der Waals surface area contributed by atoms with Crippen LogP contribution in [0.2, 0.25) is 0 Å². The Kier molecular flexibility index (Phi) is 4.37. The van der Waals surface area contributed by atoms with E-state index < -0.39 is 0 Å². The molecule has 0 bridgehead atoms. The molecule has 0 fully saturated rings. The van der Waals surface area contributed by atoms with Gasteiger partial charge in [0.2, 0.25) is 0 Å². The average Bonchev–Trinajstić information content (AvgIpc) is 2.28. The summed E-state index contributed by atoms with van der Waals surface area (Å²) in [5, 5.41) is 0. The third kappa shape index (κ3) is 3.37. The molecule has 2 N–H and O–H groups in total. The number of esters is 1. The lowest BCUT2D eigenvalue weighted by atomic mass is 10.1. The van der Waals surface area contributed by atoms with Crippen LogP contribution in [0.3, 0.4) is 0 Å². The number of nitrogen functional groups attached to an aromatic ring is 1. The number of carbonyl (C=O) groups is 1. The zero-order valence-corrected chi connectivity index (χ0v) is 10.7. The minimum Gasteiger partial charge on any atom is -0.495 e. The molecule has 1 aromatic rings. The molecular weight excluding hydrogens is 218 g/mol. The lowest BCUT2D eigenvalue weighted by Gasteiger charge is -2.16. The Balaban J connectivity index is 2.80. The number of hydrogen-bond donors (Lipinski definition) is 1. The van der Waals surface area contributed by atoms with E-state index >= 15 is 0 Å². The predicted octanol–water partition coefficient (Wildman–Crippen LogP) is 2.48. The van der Waals surface area contributed by atoms with Crippen molar-refractivity contribution < 1.29 is 14.3 Å². The number of ether oxygens (including phenoxy) is 2. The topological polar surface area (TPSA) is 61.5 Å². The molecule has 0 saturated heterocycles. The van der Waals surface area contributed by atoms with E-state index in [0.29, 0.717) is 17.0 Å². The van der Waals surface area contributed by atoms with Crippen molar-refractivity contribution in [3.63, 3.8) is 0 Å². The van der Waals surface area contributed by atoms with Crippen molar-refractivity contribution in [2.45, 2.75) is 26.9 Å². The van der Waals surface area contributed by atoms with Crippen LogP contribution in [0.1, 0.15) is 31.1 Å². The molecule has 0 aromatic heterocycles. The van der Waals surface area contributed by atoms with Crippen molar-refractivity contribution in [1.29, 1.82) is 0 Å². The van der Waals surface area contributed by atoms with Crippen LogP contribution >= 0.6 is 0 Å². The third-order valence-electron chi connectivity index (χ3n) is 2.70. The molecule has 0 aliphatic carbocycles. The molecule has 4 heteroatoms. The molecule has 0 aliphatic rings. The maximum absolute atomic E-state index is 11.8. The Bertz CT molecular complexity index is 402. The first-order valence-corrected chi connectivity index (χ1v) is 5.60. The van der Waals surface area contributed by atoms with Crippen LogP contribution < -0.4 is 10.5 Å². The smallest absolute Gasteiger partial charge is 0.338 e. The molecule has 0 radical (unpaired) electrons. The second kappa shape index (κ2) is 5.57. The van der Waals surface area contributed by atoms with Crippen LogP contribution in [0.15, 0.2) is 18.2 Å². The second-order valence-electron chi connectivity index (χ2n) is 4.31. The molecule has 17 heavy (non-hydrogen) atoms. The first-order valence-electron chi connectivity index (χ1n) is 5.60. The fourth-order valence-electron chi connectivity index (χ4n) is 1.23. The molecule has 0 aliphatic heterocycles. The molecule has 1 atom stereocenters. The van der Waals surface area contributed by atoms with Gasteiger partial charge in [-0.2, -0.15) is 0 Å². The molecule has 0 heterocycles. The standard InChI is InChI=1S/C13H19NO3/c1-8(2)9(3)17-13(15)10-5-6-12(16-4)11(14)7-10/h5-9H,14H2,1-4H3. The summed E-state index contributed by atoms with van der Waals surface area (Å²) in [7, 11) is 1.53. The van der Waals surface area contributed by atoms with Crippen molar-refractivity contribution in [3.8, 4) is 5.75 Å². The van der Waals surface area contributed by atoms with Crippen molar-refractivity contribution >= 4 is 11.7 Å². The normalized spacial score (nSPS) is 12.3. The van der Waals surface area contributed by atoms with E-state index in [4.69, 9.17) is 15.2 Å². The fourth-order valence-corrected chi connectivity index (χ4v) is 1.23. The van der Waals surface area contributed by atoms with Gasteiger partial charge >= 0.3 is 5.97 Å². The van der Waals surface area contributed by atoms with Gasteiger partial charge < -0.3 is 15.2 Å². The summed E-state index contributed by atoms with van der Waals surface area (Å²) in [6.45, 7) is 5.87. The summed E-state index contributed by atoms with van der Waals surface area (Å²) in [5.41, 5.74) is 6.60. The third-order valence-corrected chi connectivity index (χ3v) is 2.70. The van der Waals surface area contributed by atoms with Gasteiger partial charge in [-0.15, -0.1) is 0 Å². The van der Waals surface area contributed by atoms with Crippen LogP contribution in [0.25, 0.3) is 0 Å². The largest absolute Gasteiger partial charge is 0.495 e. The zero-order valence-electron chi connectivity index (χ0n) is 10.7. The minimum absolute atomic E-state index is 0.120. The lowest BCUT2D eigenvalue weighted by Crippen LogP contribution is -2.20. The maximum Gasteiger partial charge on any atom is 0.338 e. The monoisotopic (exact) mass is 237 g/mol. The molecule has 0 saturated carbocycles. The summed E-state index contributed by atoms with van der Waals surface area (Å²) in [6.07, 6.45) is -0.120. The molecular formula is C13H19NO3. The Labute approximate surface area is 102 Å². The van der Waals surface area contributed by atoms with Crippen molar-refractivity contribution in [1.82, 2.24) is 0 Å². The number of rotatable bonds is 4. The molecule has 1 rings (SSSR count). The maximum atomic E-state index is 11.8. The highest BCUT2D eigenvalue weighted by atomic mass is 16.5. The Morgan fingerprint density at radius 1 is 1.29 bits per heavy atom. The summed E-state index contributed by atoms with van der Waals surface area (Å²) in [4.78, 5) is 11.8. The van der Waals surface area contributed by atoms with Crippen LogP contribution in [0.4, 0.5) is 5.69 Å². The van der Waals surface area contributed by atoms with E-state index in [9.17, 15) is 4.79 Å². The second-order valence-corrected chi connectivity index (χ2v) is 4.31. The van der Waals surface area contributed by atoms with Gasteiger partial charge in [-0.05, 0) is 31.0 Å². The van der Waals surface area contributed by atoms with E-state index in [1.54, 1.807) is 18.2 Å². The van der Waals surface area contributed by atoms with Gasteiger partial charge in [-0.1, -0.05) is 13.8 Å². The van der Waals surface area contributed by atoms with Crippen LogP contribution in [0, 0.1) is 5.92 Å². The number of methoxy groups -OCH3 is 1. The average molecular weight is 237 g/mol. The van der Waals surface area contributed by atoms with Gasteiger partial charge in [0.25, 0.3) is 0 Å². The van der Waals surface area contributed by atoms with Gasteiger partial charge in [0.1, 0.15) is 11.9 Å². The highest BCUT2D eigenvalue weighted by molar-refractivity contribution is 5.91. The van der Waals surface area contributed by atoms with Gasteiger partial charge in [0.15, 0.2) is 0 Å². The first-order chi connectivity index (χ1) is 7.95. The molecule has 0 amide bonds. The number of hydrogen-bond acceptors (Lipinski definition) is 4. The minimum atomic E-state index is -0.361. The number of benzene rings is 1. The highest BCUT2D eigenvalue weighted by Gasteiger charge is 2.15. The van der Waals surface area contributed by atoms with Crippen molar-refractivity contribution in [2.24, 2.45) is 5.92 Å². The molecule has 1 unspecified atom stereocenters. The first kappa shape index (κ1) is 13.4. The quantitative estimate of drug-likeness (QED) is 0.645. The van der Waals surface area contributed by atoms with E-state index in [0.717, 1.165) is 0 Å². The van der Waals surface area contributed by atoms with Gasteiger partial charge in [-0.3, -0.25) is 0 Å². The van der Waals surface area contributed by atoms with Crippen LogP contribution in [-0.2, 0) is 4.74 Å². The number of carbonyl (C=O) groups excluding carboxylic acids is 1. The highest BCUT2D eigenvalue weighted by Crippen LogP contribution is 2.22. The van der Waals surface area contributed by atoms with Crippen LogP contribution in [0.5, 0.6) is 5.75 Å². The van der Waals surface area contributed by atoms with E-state index in [2.05, 4.69) is 0 Å². The molecule has 0 spiro atoms. The van der Waals surface area contributed by atoms with Crippen LogP contribution in [-0.4, -0.2) is 19.2 Å². The van der Waals surface area contributed by atoms with Gasteiger partial charge in [-0.25, -0.2) is 4.79 Å². The summed E-state index contributed by atoms with van der Waals surface area (Å²) >= 11 is 0. The SMILES string of the molecule is COc1ccc(C(=O)OC(C)C(C)C)cc1N. The van der Waals surface area contributed by atoms with E-state index in [1.165, 1.54) is 7.11 Å². The Morgan fingerprint density at radius 3 is 2.41 bits per heavy atom. The van der Waals surface area contributed by atoms with E-state index in [-0.39, 0.29) is 18.0 Å². The Hall–Kier alpha value is -1.71. The summed E-state index contributed by atoms with van der Waals surface area (Å²) in [6, 6.07) is 4.87. The number of nitrogens with two attached hydrogens (primary N) is 1. The molecule has 94 valence electrons.